The van der Waals surface area contributed by atoms with Crippen LogP contribution in [-0.2, 0) is 0 Å². The fraction of sp³-hybridized carbons (Fsp3) is 0.636. The van der Waals surface area contributed by atoms with Gasteiger partial charge in [-0.05, 0) is 56.5 Å². The molecule has 6 nitrogen and oxygen atoms in total. The summed E-state index contributed by atoms with van der Waals surface area (Å²) in [6.07, 6.45) is 5.09. The maximum absolute atomic E-state index is 5.39. The van der Waals surface area contributed by atoms with Gasteiger partial charge in [-0.2, -0.15) is 10.2 Å². The molecule has 0 aromatic carbocycles. The first-order valence-electron chi connectivity index (χ1n) is 6.30. The molecule has 2 atom stereocenters. The highest BCUT2D eigenvalue weighted by Gasteiger charge is 2.34. The Kier molecular flexibility index (Phi) is 4.65. The number of nitrogens with two attached hydrogens (primary N) is 2. The quantitative estimate of drug-likeness (QED) is 0.439. The maximum Gasteiger partial charge on any atom is 0.184 e. The number of thiocarbonyl (C=S) groups is 2. The highest BCUT2D eigenvalue weighted by Crippen LogP contribution is 2.36. The highest BCUT2D eigenvalue weighted by atomic mass is 32.1. The Morgan fingerprint density at radius 2 is 1.37 bits per heavy atom. The summed E-state index contributed by atoms with van der Waals surface area (Å²) in [6.45, 7) is 0. The van der Waals surface area contributed by atoms with Crippen LogP contribution in [0.5, 0.6) is 0 Å². The Morgan fingerprint density at radius 1 is 0.947 bits per heavy atom. The summed E-state index contributed by atoms with van der Waals surface area (Å²) in [7, 11) is 0. The van der Waals surface area contributed by atoms with E-state index in [4.69, 9.17) is 35.9 Å². The lowest BCUT2D eigenvalue weighted by atomic mass is 9.70. The van der Waals surface area contributed by atoms with Crippen LogP contribution in [0.3, 0.4) is 0 Å². The number of hydrazone groups is 2. The number of nitrogens with one attached hydrogen (secondary N) is 2. The smallest absolute Gasteiger partial charge is 0.184 e. The maximum atomic E-state index is 5.39. The zero-order valence-corrected chi connectivity index (χ0v) is 12.2. The van der Waals surface area contributed by atoms with E-state index in [9.17, 15) is 0 Å². The third kappa shape index (κ3) is 3.84. The van der Waals surface area contributed by atoms with E-state index in [0.29, 0.717) is 11.8 Å². The lowest BCUT2D eigenvalue weighted by Gasteiger charge is -2.36. The molecule has 2 aliphatic rings. The van der Waals surface area contributed by atoms with Crippen molar-refractivity contribution in [3.63, 3.8) is 0 Å². The van der Waals surface area contributed by atoms with Gasteiger partial charge < -0.3 is 11.5 Å². The zero-order chi connectivity index (χ0) is 13.8. The Bertz CT molecular complexity index is 404. The second-order valence-electron chi connectivity index (χ2n) is 4.87. The molecule has 104 valence electrons. The van der Waals surface area contributed by atoms with Gasteiger partial charge in [-0.1, -0.05) is 0 Å². The van der Waals surface area contributed by atoms with Crippen molar-refractivity contribution in [3.8, 4) is 0 Å². The van der Waals surface area contributed by atoms with Gasteiger partial charge in [0.15, 0.2) is 10.2 Å². The van der Waals surface area contributed by atoms with Gasteiger partial charge in [-0.15, -0.1) is 0 Å². The molecule has 2 bridgehead atoms. The van der Waals surface area contributed by atoms with E-state index in [1.54, 1.807) is 0 Å². The molecule has 2 rings (SSSR count). The number of rotatable bonds is 2. The van der Waals surface area contributed by atoms with Crippen LogP contribution in [0.15, 0.2) is 10.2 Å². The fourth-order valence-electron chi connectivity index (χ4n) is 2.79. The molecular formula is C11H18N6S2. The van der Waals surface area contributed by atoms with Gasteiger partial charge in [0.25, 0.3) is 0 Å². The van der Waals surface area contributed by atoms with Gasteiger partial charge in [0.1, 0.15) is 0 Å². The fourth-order valence-corrected chi connectivity index (χ4v) is 2.88. The summed E-state index contributed by atoms with van der Waals surface area (Å²) in [5.74, 6) is 1.01. The van der Waals surface area contributed by atoms with E-state index in [1.807, 2.05) is 0 Å². The summed E-state index contributed by atoms with van der Waals surface area (Å²) in [6, 6.07) is 0. The summed E-state index contributed by atoms with van der Waals surface area (Å²) >= 11 is 9.52. The first kappa shape index (κ1) is 14.1. The van der Waals surface area contributed by atoms with Crippen molar-refractivity contribution in [2.24, 2.45) is 33.5 Å². The number of hydrogen-bond donors (Lipinski definition) is 4. The van der Waals surface area contributed by atoms with Crippen LogP contribution in [0.4, 0.5) is 0 Å². The predicted molar refractivity (Wildman–Crippen MR) is 84.8 cm³/mol. The normalized spacial score (nSPS) is 30.1. The third-order valence-electron chi connectivity index (χ3n) is 3.63. The van der Waals surface area contributed by atoms with Crippen molar-refractivity contribution in [2.45, 2.75) is 32.1 Å². The molecular weight excluding hydrogens is 280 g/mol. The van der Waals surface area contributed by atoms with E-state index < -0.39 is 0 Å². The molecule has 0 aromatic heterocycles. The topological polar surface area (TPSA) is 101 Å². The molecule has 0 amide bonds. The van der Waals surface area contributed by atoms with Crippen LogP contribution in [0.25, 0.3) is 0 Å². The molecule has 6 N–H and O–H groups in total. The first-order chi connectivity index (χ1) is 9.06. The van der Waals surface area contributed by atoms with Gasteiger partial charge in [0, 0.05) is 23.3 Å². The third-order valence-corrected chi connectivity index (χ3v) is 3.81. The average Bonchev–Trinajstić information content (AvgIpc) is 2.36. The number of fused-ring (bicyclic) bond motifs is 2. The summed E-state index contributed by atoms with van der Waals surface area (Å²) < 4.78 is 0. The molecule has 8 heteroatoms. The molecule has 2 unspecified atom stereocenters. The molecule has 0 radical (unpaired) electrons. The zero-order valence-electron chi connectivity index (χ0n) is 10.6. The Balaban J connectivity index is 1.98. The van der Waals surface area contributed by atoms with E-state index in [0.717, 1.165) is 32.1 Å². The van der Waals surface area contributed by atoms with Crippen molar-refractivity contribution in [1.29, 1.82) is 0 Å². The Hall–Kier alpha value is -1.28. The van der Waals surface area contributed by atoms with Crippen LogP contribution in [-0.4, -0.2) is 21.6 Å². The van der Waals surface area contributed by atoms with Gasteiger partial charge in [-0.3, -0.25) is 10.9 Å². The summed E-state index contributed by atoms with van der Waals surface area (Å²) in [5, 5.41) is 9.05. The molecule has 0 aliphatic heterocycles. The number of nitrogens with zero attached hydrogens (tertiary/aromatic N) is 2. The molecule has 0 aromatic rings. The predicted octanol–water partition coefficient (Wildman–Crippen LogP) is 0.575. The van der Waals surface area contributed by atoms with Crippen LogP contribution < -0.4 is 22.3 Å². The second kappa shape index (κ2) is 6.25. The van der Waals surface area contributed by atoms with Crippen molar-refractivity contribution in [1.82, 2.24) is 10.9 Å². The average molecular weight is 298 g/mol. The van der Waals surface area contributed by atoms with Crippen molar-refractivity contribution >= 4 is 46.1 Å². The summed E-state index contributed by atoms with van der Waals surface area (Å²) in [4.78, 5) is 0. The molecule has 2 aliphatic carbocycles. The molecule has 0 heterocycles. The lowest BCUT2D eigenvalue weighted by molar-refractivity contribution is 0.404. The van der Waals surface area contributed by atoms with Crippen LogP contribution >= 0.6 is 24.4 Å². The SMILES string of the molecule is NC(=S)N/N=C1/CCC2CC1CC/C2=N\NC(N)=S. The first-order valence-corrected chi connectivity index (χ1v) is 7.11. The minimum atomic E-state index is 0.216. The minimum Gasteiger partial charge on any atom is -0.375 e. The second-order valence-corrected chi connectivity index (χ2v) is 5.74. The molecule has 19 heavy (non-hydrogen) atoms. The molecule has 0 saturated heterocycles. The van der Waals surface area contributed by atoms with Crippen LogP contribution in [0.1, 0.15) is 32.1 Å². The molecule has 2 saturated carbocycles. The largest absolute Gasteiger partial charge is 0.375 e. The van der Waals surface area contributed by atoms with E-state index >= 15 is 0 Å². The Labute approximate surface area is 123 Å². The van der Waals surface area contributed by atoms with E-state index in [-0.39, 0.29) is 10.2 Å². The minimum absolute atomic E-state index is 0.216. The van der Waals surface area contributed by atoms with E-state index in [2.05, 4.69) is 21.1 Å². The molecule has 2 fully saturated rings. The van der Waals surface area contributed by atoms with Crippen LogP contribution in [0.2, 0.25) is 0 Å². The monoisotopic (exact) mass is 298 g/mol. The lowest BCUT2D eigenvalue weighted by Crippen LogP contribution is -2.38. The van der Waals surface area contributed by atoms with Crippen molar-refractivity contribution < 1.29 is 0 Å². The Morgan fingerprint density at radius 3 is 1.74 bits per heavy atom. The van der Waals surface area contributed by atoms with Gasteiger partial charge in [-0.25, -0.2) is 0 Å². The van der Waals surface area contributed by atoms with Gasteiger partial charge in [0.2, 0.25) is 0 Å². The standard InChI is InChI=1S/C11H18N6S2/c12-10(18)16-14-8-3-1-6-5-7(8)2-4-9(6)15-17-11(13)19/h6-7H,1-5H2,(H3,12,16,18)(H3,13,17,19)/b14-8-,15-9+. The van der Waals surface area contributed by atoms with Gasteiger partial charge in [0.05, 0.1) is 0 Å². The number of hydrogen-bond acceptors (Lipinski definition) is 4. The van der Waals surface area contributed by atoms with Gasteiger partial charge >= 0.3 is 0 Å². The van der Waals surface area contributed by atoms with Crippen LogP contribution in [0, 0.1) is 11.8 Å². The van der Waals surface area contributed by atoms with Crippen molar-refractivity contribution in [3.05, 3.63) is 0 Å². The highest BCUT2D eigenvalue weighted by molar-refractivity contribution is 7.80. The van der Waals surface area contributed by atoms with Crippen molar-refractivity contribution in [2.75, 3.05) is 0 Å². The summed E-state index contributed by atoms with van der Waals surface area (Å²) in [5.41, 5.74) is 18.5. The molecule has 0 spiro atoms. The van der Waals surface area contributed by atoms with E-state index in [1.165, 1.54) is 11.4 Å².